The molecule has 3 N–H and O–H groups in total. The van der Waals surface area contributed by atoms with E-state index in [1.54, 1.807) is 7.05 Å². The number of rotatable bonds is 7. The second kappa shape index (κ2) is 7.08. The second-order valence-electron chi connectivity index (χ2n) is 2.82. The summed E-state index contributed by atoms with van der Waals surface area (Å²) in [6, 6.07) is -0.546. The maximum absolute atomic E-state index is 10.7. The lowest BCUT2D eigenvalue weighted by Gasteiger charge is -2.10. The molecule has 5 nitrogen and oxygen atoms in total. The molecule has 80 valence electrons. The van der Waals surface area contributed by atoms with E-state index in [1.807, 2.05) is 0 Å². The molecule has 1 amide bonds. The summed E-state index contributed by atoms with van der Waals surface area (Å²) >= 11 is 0. The molecule has 0 heterocycles. The van der Waals surface area contributed by atoms with Crippen LogP contribution in [0.25, 0.3) is 0 Å². The quantitative estimate of drug-likeness (QED) is 0.391. The molecule has 5 heteroatoms. The van der Waals surface area contributed by atoms with Crippen LogP contribution in [-0.4, -0.2) is 36.6 Å². The van der Waals surface area contributed by atoms with E-state index < -0.39 is 12.0 Å². The highest BCUT2D eigenvalue weighted by Crippen LogP contribution is 1.95. The van der Waals surface area contributed by atoms with Gasteiger partial charge in [0.05, 0.1) is 0 Å². The van der Waals surface area contributed by atoms with E-state index in [-0.39, 0.29) is 5.91 Å². The van der Waals surface area contributed by atoms with Crippen LogP contribution in [0.1, 0.15) is 12.8 Å². The van der Waals surface area contributed by atoms with Crippen molar-refractivity contribution in [3.05, 3.63) is 12.7 Å². The van der Waals surface area contributed by atoms with Crippen molar-refractivity contribution in [1.29, 1.82) is 0 Å². The van der Waals surface area contributed by atoms with Crippen LogP contribution in [0.15, 0.2) is 12.7 Å². The number of carboxylic acid groups (broad SMARTS) is 1. The zero-order valence-corrected chi connectivity index (χ0v) is 8.25. The van der Waals surface area contributed by atoms with Gasteiger partial charge in [-0.3, -0.25) is 9.59 Å². The average molecular weight is 200 g/mol. The third kappa shape index (κ3) is 5.31. The summed E-state index contributed by atoms with van der Waals surface area (Å²) in [5, 5.41) is 13.9. The van der Waals surface area contributed by atoms with Gasteiger partial charge in [-0.15, -0.1) is 0 Å². The fraction of sp³-hybridized carbons (Fsp3) is 0.556. The first-order valence-corrected chi connectivity index (χ1v) is 4.42. The van der Waals surface area contributed by atoms with Crippen LogP contribution in [0.4, 0.5) is 0 Å². The molecule has 0 aliphatic heterocycles. The molecule has 0 aromatic rings. The number of aliphatic carboxylic acids is 1. The van der Waals surface area contributed by atoms with Gasteiger partial charge in [0.1, 0.15) is 6.04 Å². The van der Waals surface area contributed by atoms with Gasteiger partial charge in [-0.05, 0) is 26.0 Å². The van der Waals surface area contributed by atoms with Crippen LogP contribution in [-0.2, 0) is 9.59 Å². The summed E-state index contributed by atoms with van der Waals surface area (Å²) in [5.74, 6) is -1.11. The standard InChI is InChI=1S/C9H16N2O3/c1-3-8(12)11-6-4-5-7(10-2)9(13)14/h3,7,10H,1,4-6H2,2H3,(H,11,12)(H,13,14). The van der Waals surface area contributed by atoms with E-state index in [4.69, 9.17) is 5.11 Å². The Labute approximate surface area is 83.2 Å². The van der Waals surface area contributed by atoms with Gasteiger partial charge in [-0.25, -0.2) is 0 Å². The van der Waals surface area contributed by atoms with Gasteiger partial charge in [0.25, 0.3) is 0 Å². The number of hydrogen-bond acceptors (Lipinski definition) is 3. The van der Waals surface area contributed by atoms with Gasteiger partial charge < -0.3 is 15.7 Å². The minimum absolute atomic E-state index is 0.235. The van der Waals surface area contributed by atoms with Crippen LogP contribution in [0.5, 0.6) is 0 Å². The summed E-state index contributed by atoms with van der Waals surface area (Å²) in [4.78, 5) is 21.2. The number of likely N-dealkylation sites (N-methyl/N-ethyl adjacent to an activating group) is 1. The predicted molar refractivity (Wildman–Crippen MR) is 52.9 cm³/mol. The highest BCUT2D eigenvalue weighted by molar-refractivity contribution is 5.86. The van der Waals surface area contributed by atoms with Crippen molar-refractivity contribution in [3.63, 3.8) is 0 Å². The molecular weight excluding hydrogens is 184 g/mol. The third-order valence-corrected chi connectivity index (χ3v) is 1.80. The molecule has 0 aliphatic carbocycles. The van der Waals surface area contributed by atoms with Crippen LogP contribution < -0.4 is 10.6 Å². The Morgan fingerprint density at radius 2 is 2.21 bits per heavy atom. The molecule has 0 saturated carbocycles. The van der Waals surface area contributed by atoms with E-state index >= 15 is 0 Å². The van der Waals surface area contributed by atoms with Gasteiger partial charge in [-0.2, -0.15) is 0 Å². The van der Waals surface area contributed by atoms with Gasteiger partial charge in [0.15, 0.2) is 0 Å². The molecule has 0 bridgehead atoms. The van der Waals surface area contributed by atoms with Gasteiger partial charge >= 0.3 is 5.97 Å². The molecular formula is C9H16N2O3. The molecule has 0 radical (unpaired) electrons. The average Bonchev–Trinajstić information content (AvgIpc) is 2.16. The maximum atomic E-state index is 10.7. The first-order valence-electron chi connectivity index (χ1n) is 4.42. The monoisotopic (exact) mass is 200 g/mol. The lowest BCUT2D eigenvalue weighted by molar-refractivity contribution is -0.139. The fourth-order valence-corrected chi connectivity index (χ4v) is 0.981. The van der Waals surface area contributed by atoms with E-state index in [0.717, 1.165) is 0 Å². The Morgan fingerprint density at radius 1 is 1.57 bits per heavy atom. The second-order valence-corrected chi connectivity index (χ2v) is 2.82. The Bertz CT molecular complexity index is 216. The van der Waals surface area contributed by atoms with E-state index in [0.29, 0.717) is 19.4 Å². The van der Waals surface area contributed by atoms with E-state index in [2.05, 4.69) is 17.2 Å². The van der Waals surface area contributed by atoms with Gasteiger partial charge in [0.2, 0.25) is 5.91 Å². The molecule has 0 fully saturated rings. The topological polar surface area (TPSA) is 78.4 Å². The molecule has 0 rings (SSSR count). The number of hydrogen-bond donors (Lipinski definition) is 3. The zero-order valence-electron chi connectivity index (χ0n) is 8.25. The summed E-state index contributed by atoms with van der Waals surface area (Å²) < 4.78 is 0. The first kappa shape index (κ1) is 12.6. The van der Waals surface area contributed by atoms with Crippen molar-refractivity contribution in [2.45, 2.75) is 18.9 Å². The summed E-state index contributed by atoms with van der Waals surface area (Å²) in [5.41, 5.74) is 0. The summed E-state index contributed by atoms with van der Waals surface area (Å²) in [7, 11) is 1.60. The summed E-state index contributed by atoms with van der Waals surface area (Å²) in [6.07, 6.45) is 2.30. The van der Waals surface area contributed by atoms with Crippen LogP contribution >= 0.6 is 0 Å². The Morgan fingerprint density at radius 3 is 2.64 bits per heavy atom. The third-order valence-electron chi connectivity index (χ3n) is 1.80. The molecule has 1 atom stereocenters. The molecule has 0 saturated heterocycles. The Kier molecular flexibility index (Phi) is 6.39. The maximum Gasteiger partial charge on any atom is 0.320 e. The van der Waals surface area contributed by atoms with Crippen molar-refractivity contribution >= 4 is 11.9 Å². The minimum Gasteiger partial charge on any atom is -0.480 e. The highest BCUT2D eigenvalue weighted by atomic mass is 16.4. The van der Waals surface area contributed by atoms with Crippen LogP contribution in [0.3, 0.4) is 0 Å². The van der Waals surface area contributed by atoms with Gasteiger partial charge in [-0.1, -0.05) is 6.58 Å². The number of carboxylic acids is 1. The minimum atomic E-state index is -0.873. The molecule has 0 spiro atoms. The van der Waals surface area contributed by atoms with E-state index in [1.165, 1.54) is 6.08 Å². The number of amides is 1. The van der Waals surface area contributed by atoms with Crippen molar-refractivity contribution in [2.75, 3.05) is 13.6 Å². The SMILES string of the molecule is C=CC(=O)NCCCC(NC)C(=O)O. The highest BCUT2D eigenvalue weighted by Gasteiger charge is 2.13. The van der Waals surface area contributed by atoms with Crippen molar-refractivity contribution < 1.29 is 14.7 Å². The fourth-order valence-electron chi connectivity index (χ4n) is 0.981. The van der Waals surface area contributed by atoms with Crippen molar-refractivity contribution in [1.82, 2.24) is 10.6 Å². The number of carbonyl (C=O) groups is 2. The van der Waals surface area contributed by atoms with Crippen LogP contribution in [0, 0.1) is 0 Å². The van der Waals surface area contributed by atoms with Crippen molar-refractivity contribution in [3.8, 4) is 0 Å². The Hall–Kier alpha value is -1.36. The first-order chi connectivity index (χ1) is 6.61. The van der Waals surface area contributed by atoms with Crippen molar-refractivity contribution in [2.24, 2.45) is 0 Å². The Balaban J connectivity index is 3.57. The normalized spacial score (nSPS) is 11.8. The molecule has 0 aliphatic rings. The van der Waals surface area contributed by atoms with Gasteiger partial charge in [0, 0.05) is 6.54 Å². The molecule has 1 unspecified atom stereocenters. The zero-order chi connectivity index (χ0) is 11.0. The molecule has 0 aromatic carbocycles. The largest absolute Gasteiger partial charge is 0.480 e. The summed E-state index contributed by atoms with van der Waals surface area (Å²) in [6.45, 7) is 3.77. The molecule has 14 heavy (non-hydrogen) atoms. The predicted octanol–water partition coefficient (Wildman–Crippen LogP) is -0.259. The smallest absolute Gasteiger partial charge is 0.320 e. The van der Waals surface area contributed by atoms with E-state index in [9.17, 15) is 9.59 Å². The number of carbonyl (C=O) groups excluding carboxylic acids is 1. The number of nitrogens with one attached hydrogen (secondary N) is 2. The lowest BCUT2D eigenvalue weighted by atomic mass is 10.1. The van der Waals surface area contributed by atoms with Crippen LogP contribution in [0.2, 0.25) is 0 Å². The lowest BCUT2D eigenvalue weighted by Crippen LogP contribution is -2.34. The molecule has 0 aromatic heterocycles.